The van der Waals surface area contributed by atoms with Gasteiger partial charge in [-0.05, 0) is 31.2 Å². The van der Waals surface area contributed by atoms with Crippen LogP contribution in [0.2, 0.25) is 0 Å². The number of nitrogens with one attached hydrogen (secondary N) is 2. The number of hydrogen-bond acceptors (Lipinski definition) is 2. The summed E-state index contributed by atoms with van der Waals surface area (Å²) in [6.07, 6.45) is 5.38. The molecule has 4 nitrogen and oxygen atoms in total. The lowest BCUT2D eigenvalue weighted by Crippen LogP contribution is -2.48. The summed E-state index contributed by atoms with van der Waals surface area (Å²) in [4.78, 5) is 12.0. The van der Waals surface area contributed by atoms with Crippen LogP contribution in [0.3, 0.4) is 0 Å². The monoisotopic (exact) mass is 290 g/mol. The van der Waals surface area contributed by atoms with E-state index >= 15 is 0 Å². The molecule has 0 heterocycles. The third-order valence-corrected chi connectivity index (χ3v) is 4.27. The van der Waals surface area contributed by atoms with E-state index < -0.39 is 5.60 Å². The van der Waals surface area contributed by atoms with Gasteiger partial charge in [-0.15, -0.1) is 0 Å². The van der Waals surface area contributed by atoms with Gasteiger partial charge in [0.15, 0.2) is 0 Å². The number of carbonyl (C=O) groups excluding carboxylic acids is 1. The highest BCUT2D eigenvalue weighted by Crippen LogP contribution is 2.28. The van der Waals surface area contributed by atoms with Gasteiger partial charge >= 0.3 is 6.03 Å². The van der Waals surface area contributed by atoms with Crippen molar-refractivity contribution in [1.29, 1.82) is 0 Å². The van der Waals surface area contributed by atoms with Crippen LogP contribution in [0.4, 0.5) is 4.79 Å². The highest BCUT2D eigenvalue weighted by atomic mass is 16.3. The van der Waals surface area contributed by atoms with E-state index in [0.717, 1.165) is 38.5 Å². The summed E-state index contributed by atoms with van der Waals surface area (Å²) in [5.74, 6) is 0. The molecule has 1 aliphatic rings. The summed E-state index contributed by atoms with van der Waals surface area (Å²) >= 11 is 0. The first-order valence-electron chi connectivity index (χ1n) is 7.92. The fourth-order valence-corrected chi connectivity index (χ4v) is 2.89. The summed E-state index contributed by atoms with van der Waals surface area (Å²) in [7, 11) is 0. The predicted molar refractivity (Wildman–Crippen MR) is 84.2 cm³/mol. The zero-order valence-electron chi connectivity index (χ0n) is 12.8. The molecule has 1 aromatic carbocycles. The molecule has 0 bridgehead atoms. The molecule has 2 rings (SSSR count). The van der Waals surface area contributed by atoms with Gasteiger partial charge in [0.1, 0.15) is 0 Å². The van der Waals surface area contributed by atoms with E-state index in [-0.39, 0.29) is 12.1 Å². The molecule has 1 saturated carbocycles. The molecule has 4 heteroatoms. The van der Waals surface area contributed by atoms with Gasteiger partial charge in [0.05, 0.1) is 5.60 Å². The SMILES string of the molecule is CCC(Cc1ccccc1)NC(=O)NCC1(O)CCCC1. The second-order valence-corrected chi connectivity index (χ2v) is 6.05. The number of urea groups is 1. The minimum absolute atomic E-state index is 0.116. The van der Waals surface area contributed by atoms with Gasteiger partial charge in [0.2, 0.25) is 0 Å². The zero-order valence-corrected chi connectivity index (χ0v) is 12.8. The Morgan fingerprint density at radius 2 is 1.95 bits per heavy atom. The van der Waals surface area contributed by atoms with Crippen LogP contribution in [-0.4, -0.2) is 29.3 Å². The van der Waals surface area contributed by atoms with E-state index in [0.29, 0.717) is 6.54 Å². The second-order valence-electron chi connectivity index (χ2n) is 6.05. The van der Waals surface area contributed by atoms with E-state index in [4.69, 9.17) is 0 Å². The van der Waals surface area contributed by atoms with Crippen molar-refractivity contribution in [2.24, 2.45) is 0 Å². The maximum atomic E-state index is 12.0. The number of carbonyl (C=O) groups is 1. The van der Waals surface area contributed by atoms with Gasteiger partial charge in [-0.3, -0.25) is 0 Å². The zero-order chi connectivity index (χ0) is 15.1. The predicted octanol–water partition coefficient (Wildman–Crippen LogP) is 2.61. The van der Waals surface area contributed by atoms with Gasteiger partial charge in [0, 0.05) is 12.6 Å². The van der Waals surface area contributed by atoms with Crippen molar-refractivity contribution >= 4 is 6.03 Å². The standard InChI is InChI=1S/C17H26N2O2/c1-2-15(12-14-8-4-3-5-9-14)19-16(20)18-13-17(21)10-6-7-11-17/h3-5,8-9,15,21H,2,6-7,10-13H2,1H3,(H2,18,19,20). The first-order valence-corrected chi connectivity index (χ1v) is 7.92. The molecular formula is C17H26N2O2. The highest BCUT2D eigenvalue weighted by molar-refractivity contribution is 5.74. The van der Waals surface area contributed by atoms with Crippen LogP contribution in [0.25, 0.3) is 0 Å². The molecular weight excluding hydrogens is 264 g/mol. The Kier molecular flexibility index (Phi) is 5.62. The van der Waals surface area contributed by atoms with Crippen molar-refractivity contribution in [2.45, 2.75) is 57.1 Å². The molecule has 1 aromatic rings. The van der Waals surface area contributed by atoms with E-state index in [2.05, 4.69) is 29.7 Å². The lowest BCUT2D eigenvalue weighted by Gasteiger charge is -2.24. The largest absolute Gasteiger partial charge is 0.388 e. The molecule has 1 fully saturated rings. The maximum Gasteiger partial charge on any atom is 0.315 e. The van der Waals surface area contributed by atoms with Crippen LogP contribution in [0.5, 0.6) is 0 Å². The lowest BCUT2D eigenvalue weighted by molar-refractivity contribution is 0.0500. The van der Waals surface area contributed by atoms with Crippen LogP contribution in [0, 0.1) is 0 Å². The first-order chi connectivity index (χ1) is 10.1. The van der Waals surface area contributed by atoms with Crippen molar-refractivity contribution in [3.8, 4) is 0 Å². The van der Waals surface area contributed by atoms with Crippen LogP contribution < -0.4 is 10.6 Å². The second kappa shape index (κ2) is 7.46. The smallest absolute Gasteiger partial charge is 0.315 e. The summed E-state index contributed by atoms with van der Waals surface area (Å²) in [5.41, 5.74) is 0.525. The Hall–Kier alpha value is -1.55. The van der Waals surface area contributed by atoms with E-state index in [1.54, 1.807) is 0 Å². The third kappa shape index (κ3) is 5.05. The van der Waals surface area contributed by atoms with E-state index in [9.17, 15) is 9.90 Å². The molecule has 21 heavy (non-hydrogen) atoms. The number of aliphatic hydroxyl groups is 1. The Labute approximate surface area is 126 Å². The molecule has 1 atom stereocenters. The van der Waals surface area contributed by atoms with Crippen molar-refractivity contribution in [1.82, 2.24) is 10.6 Å². The molecule has 0 aromatic heterocycles. The Balaban J connectivity index is 1.77. The van der Waals surface area contributed by atoms with Crippen LogP contribution >= 0.6 is 0 Å². The first kappa shape index (κ1) is 15.8. The Morgan fingerprint density at radius 3 is 2.57 bits per heavy atom. The fourth-order valence-electron chi connectivity index (χ4n) is 2.89. The number of benzene rings is 1. The fraction of sp³-hybridized carbons (Fsp3) is 0.588. The van der Waals surface area contributed by atoms with Crippen LogP contribution in [0.15, 0.2) is 30.3 Å². The number of amides is 2. The lowest BCUT2D eigenvalue weighted by atomic mass is 10.0. The molecule has 0 radical (unpaired) electrons. The van der Waals surface area contributed by atoms with Crippen molar-refractivity contribution in [3.63, 3.8) is 0 Å². The highest BCUT2D eigenvalue weighted by Gasteiger charge is 2.31. The van der Waals surface area contributed by atoms with Gasteiger partial charge in [-0.25, -0.2) is 4.79 Å². The summed E-state index contributed by atoms with van der Waals surface area (Å²) in [5, 5.41) is 16.0. The maximum absolute atomic E-state index is 12.0. The van der Waals surface area contributed by atoms with Gasteiger partial charge in [0.25, 0.3) is 0 Å². The molecule has 0 saturated heterocycles. The molecule has 0 aliphatic heterocycles. The van der Waals surface area contributed by atoms with Gasteiger partial charge < -0.3 is 15.7 Å². The number of hydrogen-bond donors (Lipinski definition) is 3. The minimum atomic E-state index is -0.696. The van der Waals surface area contributed by atoms with Crippen LogP contribution in [0.1, 0.15) is 44.6 Å². The Morgan fingerprint density at radius 1 is 1.29 bits per heavy atom. The Bertz CT molecular complexity index is 441. The number of rotatable bonds is 6. The molecule has 1 unspecified atom stereocenters. The molecule has 3 N–H and O–H groups in total. The minimum Gasteiger partial charge on any atom is -0.388 e. The normalized spacial score (nSPS) is 18.2. The van der Waals surface area contributed by atoms with Gasteiger partial charge in [-0.2, -0.15) is 0 Å². The third-order valence-electron chi connectivity index (χ3n) is 4.27. The molecule has 1 aliphatic carbocycles. The van der Waals surface area contributed by atoms with E-state index in [1.165, 1.54) is 5.56 Å². The van der Waals surface area contributed by atoms with Gasteiger partial charge in [-0.1, -0.05) is 50.1 Å². The average Bonchev–Trinajstić information content (AvgIpc) is 2.93. The molecule has 2 amide bonds. The van der Waals surface area contributed by atoms with Crippen molar-refractivity contribution in [2.75, 3.05) is 6.54 Å². The molecule has 116 valence electrons. The van der Waals surface area contributed by atoms with Crippen LogP contribution in [-0.2, 0) is 6.42 Å². The summed E-state index contributed by atoms with van der Waals surface area (Å²) in [6, 6.07) is 10.1. The van der Waals surface area contributed by atoms with E-state index in [1.807, 2.05) is 18.2 Å². The molecule has 0 spiro atoms. The summed E-state index contributed by atoms with van der Waals surface area (Å²) in [6.45, 7) is 2.42. The topological polar surface area (TPSA) is 61.4 Å². The summed E-state index contributed by atoms with van der Waals surface area (Å²) < 4.78 is 0. The van der Waals surface area contributed by atoms with Crippen molar-refractivity contribution < 1.29 is 9.90 Å². The average molecular weight is 290 g/mol. The van der Waals surface area contributed by atoms with Crippen molar-refractivity contribution in [3.05, 3.63) is 35.9 Å². The quantitative estimate of drug-likeness (QED) is 0.754.